The maximum Gasteiger partial charge on any atom is 0.153 e. The highest BCUT2D eigenvalue weighted by Crippen LogP contribution is 2.44. The van der Waals surface area contributed by atoms with Crippen LogP contribution in [0.25, 0.3) is 43.3 Å². The van der Waals surface area contributed by atoms with Gasteiger partial charge in [-0.1, -0.05) is 18.2 Å². The monoisotopic (exact) mass is 383 g/mol. The minimum absolute atomic E-state index is 0.951. The van der Waals surface area contributed by atoms with Gasteiger partial charge in [0.05, 0.1) is 10.4 Å². The zero-order chi connectivity index (χ0) is 18.8. The summed E-state index contributed by atoms with van der Waals surface area (Å²) >= 11 is 1.94. The number of fused-ring (bicyclic) bond motifs is 7. The molecule has 0 amide bonds. The second-order valence-electron chi connectivity index (χ2n) is 7.97. The van der Waals surface area contributed by atoms with Crippen molar-refractivity contribution in [3.05, 3.63) is 64.2 Å². The molecular formula is C25H21NOS. The van der Waals surface area contributed by atoms with Crippen LogP contribution in [0.5, 0.6) is 0 Å². The number of hydrogen-bond donors (Lipinski definition) is 0. The number of aryl methyl sites for hydroxylation is 4. The molecule has 0 saturated carbocycles. The minimum atomic E-state index is 0.951. The number of benzene rings is 2. The van der Waals surface area contributed by atoms with Gasteiger partial charge in [-0.05, 0) is 79.8 Å². The fourth-order valence-electron chi connectivity index (χ4n) is 4.55. The fraction of sp³-hybridized carbons (Fsp3) is 0.240. The molecule has 1 aliphatic rings. The Morgan fingerprint density at radius 2 is 1.71 bits per heavy atom. The van der Waals surface area contributed by atoms with Crippen LogP contribution in [0.4, 0.5) is 0 Å². The van der Waals surface area contributed by atoms with Crippen molar-refractivity contribution in [2.75, 3.05) is 0 Å². The summed E-state index contributed by atoms with van der Waals surface area (Å²) < 4.78 is 7.89. The van der Waals surface area contributed by atoms with Crippen molar-refractivity contribution in [3.8, 4) is 11.3 Å². The van der Waals surface area contributed by atoms with E-state index in [1.807, 2.05) is 17.5 Å². The van der Waals surface area contributed by atoms with Gasteiger partial charge < -0.3 is 4.42 Å². The Labute approximate surface area is 167 Å². The van der Waals surface area contributed by atoms with E-state index in [9.17, 15) is 0 Å². The van der Waals surface area contributed by atoms with Gasteiger partial charge in [0.25, 0.3) is 0 Å². The quantitative estimate of drug-likeness (QED) is 0.302. The van der Waals surface area contributed by atoms with Crippen molar-refractivity contribution in [1.29, 1.82) is 0 Å². The second-order valence-corrected chi connectivity index (χ2v) is 9.07. The molecule has 3 heteroatoms. The number of pyridine rings is 1. The van der Waals surface area contributed by atoms with E-state index < -0.39 is 0 Å². The topological polar surface area (TPSA) is 26.0 Å². The van der Waals surface area contributed by atoms with Gasteiger partial charge in [-0.3, -0.25) is 4.98 Å². The number of thiophene rings is 1. The molecule has 2 aromatic carbocycles. The van der Waals surface area contributed by atoms with E-state index in [1.165, 1.54) is 57.7 Å². The van der Waals surface area contributed by atoms with Crippen LogP contribution < -0.4 is 0 Å². The predicted molar refractivity (Wildman–Crippen MR) is 118 cm³/mol. The Balaban J connectivity index is 1.67. The highest BCUT2D eigenvalue weighted by Gasteiger charge is 2.21. The van der Waals surface area contributed by atoms with Crippen molar-refractivity contribution in [2.24, 2.45) is 0 Å². The van der Waals surface area contributed by atoms with E-state index in [-0.39, 0.29) is 0 Å². The molecule has 0 atom stereocenters. The third kappa shape index (κ3) is 2.23. The van der Waals surface area contributed by atoms with Crippen molar-refractivity contribution >= 4 is 43.4 Å². The van der Waals surface area contributed by atoms with E-state index in [0.29, 0.717) is 0 Å². The summed E-state index contributed by atoms with van der Waals surface area (Å²) in [5.41, 5.74) is 8.08. The zero-order valence-corrected chi connectivity index (χ0v) is 17.0. The average molecular weight is 384 g/mol. The Kier molecular flexibility index (Phi) is 3.45. The van der Waals surface area contributed by atoms with Crippen LogP contribution >= 0.6 is 11.3 Å². The summed E-state index contributed by atoms with van der Waals surface area (Å²) in [6.07, 6.45) is 7.00. The molecule has 2 nitrogen and oxygen atoms in total. The molecule has 0 aliphatic heterocycles. The lowest BCUT2D eigenvalue weighted by Crippen LogP contribution is -1.97. The molecule has 0 fully saturated rings. The molecular weight excluding hydrogens is 362 g/mol. The smallest absolute Gasteiger partial charge is 0.153 e. The standard InChI is InChI=1S/C25H21NOS/c1-14-12-21(26-13-15(14)2)20-8-5-7-17-18-10-11-19-16-6-3-4-9-22(16)28-25(19)24(18)27-23(17)20/h5,7-8,10-13H,3-4,6,9H2,1-2H3. The van der Waals surface area contributed by atoms with Crippen LogP contribution in [0.2, 0.25) is 0 Å². The van der Waals surface area contributed by atoms with E-state index in [2.05, 4.69) is 55.2 Å². The number of aromatic nitrogens is 1. The average Bonchev–Trinajstić information content (AvgIpc) is 3.28. The number of hydrogen-bond acceptors (Lipinski definition) is 3. The van der Waals surface area contributed by atoms with Gasteiger partial charge in [0.15, 0.2) is 5.58 Å². The summed E-state index contributed by atoms with van der Waals surface area (Å²) in [5, 5.41) is 3.80. The molecule has 138 valence electrons. The van der Waals surface area contributed by atoms with Crippen LogP contribution in [0, 0.1) is 13.8 Å². The first-order valence-electron chi connectivity index (χ1n) is 10.0. The third-order valence-corrected chi connectivity index (χ3v) is 7.54. The van der Waals surface area contributed by atoms with E-state index >= 15 is 0 Å². The van der Waals surface area contributed by atoms with Gasteiger partial charge in [-0.25, -0.2) is 0 Å². The van der Waals surface area contributed by atoms with Crippen LogP contribution in [0.3, 0.4) is 0 Å². The molecule has 1 aliphatic carbocycles. The SMILES string of the molecule is Cc1cnc(-c2cccc3c2oc2c3ccc3c4c(sc32)CCCC4)cc1C. The maximum absolute atomic E-state index is 6.57. The molecule has 0 saturated heterocycles. The lowest BCUT2D eigenvalue weighted by atomic mass is 9.96. The van der Waals surface area contributed by atoms with Gasteiger partial charge in [0.1, 0.15) is 5.58 Å². The Hall–Kier alpha value is -2.65. The van der Waals surface area contributed by atoms with Crippen molar-refractivity contribution in [3.63, 3.8) is 0 Å². The van der Waals surface area contributed by atoms with Crippen LogP contribution in [0.1, 0.15) is 34.4 Å². The summed E-state index contributed by atoms with van der Waals surface area (Å²) in [4.78, 5) is 6.25. The lowest BCUT2D eigenvalue weighted by molar-refractivity contribution is 0.674. The van der Waals surface area contributed by atoms with E-state index in [4.69, 9.17) is 4.42 Å². The van der Waals surface area contributed by atoms with Crippen LogP contribution in [-0.2, 0) is 12.8 Å². The first-order valence-corrected chi connectivity index (χ1v) is 10.8. The molecule has 0 N–H and O–H groups in total. The second kappa shape index (κ2) is 5.92. The molecule has 0 radical (unpaired) electrons. The predicted octanol–water partition coefficient (Wildman–Crippen LogP) is 7.36. The van der Waals surface area contributed by atoms with Crippen molar-refractivity contribution < 1.29 is 4.42 Å². The molecule has 0 unspecified atom stereocenters. The third-order valence-electron chi connectivity index (χ3n) is 6.24. The Bertz CT molecular complexity index is 1390. The molecule has 6 rings (SSSR count). The molecule has 3 aromatic heterocycles. The van der Waals surface area contributed by atoms with Gasteiger partial charge >= 0.3 is 0 Å². The summed E-state index contributed by atoms with van der Waals surface area (Å²) in [7, 11) is 0. The largest absolute Gasteiger partial charge is 0.454 e. The molecule has 3 heterocycles. The number of furan rings is 1. The molecule has 0 bridgehead atoms. The Morgan fingerprint density at radius 3 is 2.61 bits per heavy atom. The number of para-hydroxylation sites is 1. The van der Waals surface area contributed by atoms with E-state index in [0.717, 1.165) is 22.4 Å². The normalized spacial score (nSPS) is 14.2. The Morgan fingerprint density at radius 1 is 0.893 bits per heavy atom. The lowest BCUT2D eigenvalue weighted by Gasteiger charge is -2.09. The number of nitrogens with zero attached hydrogens (tertiary/aromatic N) is 1. The summed E-state index contributed by atoms with van der Waals surface area (Å²) in [6, 6.07) is 13.1. The highest BCUT2D eigenvalue weighted by atomic mass is 32.1. The van der Waals surface area contributed by atoms with E-state index in [1.54, 1.807) is 10.4 Å². The van der Waals surface area contributed by atoms with Crippen LogP contribution in [-0.4, -0.2) is 4.98 Å². The van der Waals surface area contributed by atoms with Crippen molar-refractivity contribution in [2.45, 2.75) is 39.5 Å². The van der Waals surface area contributed by atoms with Gasteiger partial charge in [0, 0.05) is 27.4 Å². The zero-order valence-electron chi connectivity index (χ0n) is 16.1. The maximum atomic E-state index is 6.57. The van der Waals surface area contributed by atoms with Gasteiger partial charge in [-0.15, -0.1) is 11.3 Å². The highest BCUT2D eigenvalue weighted by molar-refractivity contribution is 7.20. The van der Waals surface area contributed by atoms with Gasteiger partial charge in [-0.2, -0.15) is 0 Å². The summed E-state index contributed by atoms with van der Waals surface area (Å²) in [5.74, 6) is 0. The fourth-order valence-corrected chi connectivity index (χ4v) is 5.92. The first-order chi connectivity index (χ1) is 13.7. The number of rotatable bonds is 1. The molecule has 5 aromatic rings. The molecule has 28 heavy (non-hydrogen) atoms. The summed E-state index contributed by atoms with van der Waals surface area (Å²) in [6.45, 7) is 4.24. The minimum Gasteiger partial charge on any atom is -0.454 e. The van der Waals surface area contributed by atoms with Crippen molar-refractivity contribution in [1.82, 2.24) is 4.98 Å². The molecule has 0 spiro atoms. The van der Waals surface area contributed by atoms with Crippen LogP contribution in [0.15, 0.2) is 47.0 Å². The van der Waals surface area contributed by atoms with Gasteiger partial charge in [0.2, 0.25) is 0 Å². The first kappa shape index (κ1) is 16.3.